The van der Waals surface area contributed by atoms with E-state index in [2.05, 4.69) is 15.9 Å². The Hall–Kier alpha value is -1.14. The second-order valence-corrected chi connectivity index (χ2v) is 5.26. The SMILES string of the molecule is N[C@@H](CC1CC1)c1cc([N+](=O)[O-])cc(Br)c1O. The molecular weight excluding hydrogens is 288 g/mol. The van der Waals surface area contributed by atoms with Gasteiger partial charge in [0, 0.05) is 23.7 Å². The van der Waals surface area contributed by atoms with Crippen molar-refractivity contribution < 1.29 is 10.0 Å². The van der Waals surface area contributed by atoms with Gasteiger partial charge in [0.2, 0.25) is 0 Å². The van der Waals surface area contributed by atoms with Crippen LogP contribution in [0.2, 0.25) is 0 Å². The van der Waals surface area contributed by atoms with E-state index in [1.165, 1.54) is 12.1 Å². The zero-order valence-electron chi connectivity index (χ0n) is 9.10. The maximum absolute atomic E-state index is 10.7. The molecule has 1 saturated carbocycles. The van der Waals surface area contributed by atoms with Gasteiger partial charge in [0.15, 0.2) is 0 Å². The molecular formula is C11H13BrN2O3. The Balaban J connectivity index is 2.32. The topological polar surface area (TPSA) is 89.4 Å². The number of hydrogen-bond acceptors (Lipinski definition) is 4. The molecule has 2 rings (SSSR count). The standard InChI is InChI=1S/C11H13BrN2O3/c12-9-5-7(14(16)17)4-8(11(9)15)10(13)3-6-1-2-6/h4-6,10,15H,1-3,13H2/t10-/m0/s1. The molecule has 1 atom stereocenters. The van der Waals surface area contributed by atoms with Gasteiger partial charge in [0.25, 0.3) is 5.69 Å². The minimum absolute atomic E-state index is 0.00347. The molecule has 17 heavy (non-hydrogen) atoms. The summed E-state index contributed by atoms with van der Waals surface area (Å²) < 4.78 is 0.313. The Kier molecular flexibility index (Phi) is 3.35. The van der Waals surface area contributed by atoms with Gasteiger partial charge in [-0.15, -0.1) is 0 Å². The van der Waals surface area contributed by atoms with Crippen molar-refractivity contribution in [2.45, 2.75) is 25.3 Å². The number of nitro benzene ring substituents is 1. The predicted octanol–water partition coefficient (Wildman–Crippen LogP) is 2.86. The second-order valence-electron chi connectivity index (χ2n) is 4.41. The number of aromatic hydroxyl groups is 1. The molecule has 0 unspecified atom stereocenters. The molecule has 0 radical (unpaired) electrons. The fourth-order valence-electron chi connectivity index (χ4n) is 1.83. The van der Waals surface area contributed by atoms with Gasteiger partial charge in [0.05, 0.1) is 9.40 Å². The maximum atomic E-state index is 10.7. The summed E-state index contributed by atoms with van der Waals surface area (Å²) in [6, 6.07) is 2.29. The maximum Gasteiger partial charge on any atom is 0.271 e. The monoisotopic (exact) mass is 300 g/mol. The fraction of sp³-hybridized carbons (Fsp3) is 0.455. The smallest absolute Gasteiger partial charge is 0.271 e. The molecule has 1 aromatic rings. The number of phenols is 1. The Morgan fingerprint density at radius 3 is 2.76 bits per heavy atom. The second kappa shape index (κ2) is 4.62. The molecule has 1 aliphatic rings. The molecule has 0 aromatic heterocycles. The zero-order valence-corrected chi connectivity index (χ0v) is 10.7. The molecule has 0 saturated heterocycles. The number of benzene rings is 1. The molecule has 5 nitrogen and oxygen atoms in total. The number of halogens is 1. The largest absolute Gasteiger partial charge is 0.506 e. The van der Waals surface area contributed by atoms with E-state index in [1.807, 2.05) is 0 Å². The first-order valence-corrected chi connectivity index (χ1v) is 6.20. The van der Waals surface area contributed by atoms with Gasteiger partial charge in [-0.1, -0.05) is 12.8 Å². The van der Waals surface area contributed by atoms with Gasteiger partial charge in [0.1, 0.15) is 5.75 Å². The van der Waals surface area contributed by atoms with E-state index in [1.54, 1.807) is 0 Å². The molecule has 0 bridgehead atoms. The zero-order chi connectivity index (χ0) is 12.6. The quantitative estimate of drug-likeness (QED) is 0.661. The Morgan fingerprint density at radius 1 is 1.59 bits per heavy atom. The highest BCUT2D eigenvalue weighted by atomic mass is 79.9. The van der Waals surface area contributed by atoms with E-state index in [4.69, 9.17) is 5.73 Å². The lowest BCUT2D eigenvalue weighted by Gasteiger charge is -2.14. The van der Waals surface area contributed by atoms with E-state index < -0.39 is 4.92 Å². The van der Waals surface area contributed by atoms with Crippen LogP contribution in [0.5, 0.6) is 5.75 Å². The van der Waals surface area contributed by atoms with Crippen molar-refractivity contribution in [3.8, 4) is 5.75 Å². The van der Waals surface area contributed by atoms with Crippen LogP contribution in [0.1, 0.15) is 30.9 Å². The predicted molar refractivity (Wildman–Crippen MR) is 66.7 cm³/mol. The van der Waals surface area contributed by atoms with Crippen LogP contribution in [-0.2, 0) is 0 Å². The van der Waals surface area contributed by atoms with Crippen molar-refractivity contribution in [2.24, 2.45) is 11.7 Å². The highest BCUT2D eigenvalue weighted by molar-refractivity contribution is 9.10. The first-order valence-electron chi connectivity index (χ1n) is 5.41. The van der Waals surface area contributed by atoms with Crippen molar-refractivity contribution in [2.75, 3.05) is 0 Å². The van der Waals surface area contributed by atoms with E-state index >= 15 is 0 Å². The molecule has 3 N–H and O–H groups in total. The number of nitrogens with zero attached hydrogens (tertiary/aromatic N) is 1. The van der Waals surface area contributed by atoms with Crippen molar-refractivity contribution >= 4 is 21.6 Å². The third kappa shape index (κ3) is 2.76. The third-order valence-corrected chi connectivity index (χ3v) is 3.58. The molecule has 92 valence electrons. The first-order chi connectivity index (χ1) is 7.99. The van der Waals surface area contributed by atoms with Gasteiger partial charge >= 0.3 is 0 Å². The number of nitro groups is 1. The summed E-state index contributed by atoms with van der Waals surface area (Å²) in [6.07, 6.45) is 3.08. The lowest BCUT2D eigenvalue weighted by molar-refractivity contribution is -0.385. The van der Waals surface area contributed by atoms with E-state index in [9.17, 15) is 15.2 Å². The molecule has 0 heterocycles. The van der Waals surface area contributed by atoms with Crippen LogP contribution in [0.15, 0.2) is 16.6 Å². The van der Waals surface area contributed by atoms with Gasteiger partial charge in [-0.2, -0.15) is 0 Å². The minimum Gasteiger partial charge on any atom is -0.506 e. The van der Waals surface area contributed by atoms with Crippen molar-refractivity contribution in [3.63, 3.8) is 0 Å². The van der Waals surface area contributed by atoms with Crippen LogP contribution in [0.3, 0.4) is 0 Å². The highest BCUT2D eigenvalue weighted by Gasteiger charge is 2.27. The van der Waals surface area contributed by atoms with Crippen LogP contribution in [0, 0.1) is 16.0 Å². The number of hydrogen-bond donors (Lipinski definition) is 2. The number of rotatable bonds is 4. The number of non-ortho nitro benzene ring substituents is 1. The van der Waals surface area contributed by atoms with Crippen LogP contribution < -0.4 is 5.73 Å². The molecule has 1 aliphatic carbocycles. The van der Waals surface area contributed by atoms with Crippen LogP contribution in [-0.4, -0.2) is 10.0 Å². The summed E-state index contributed by atoms with van der Waals surface area (Å²) in [6.45, 7) is 0. The molecule has 0 aliphatic heterocycles. The lowest BCUT2D eigenvalue weighted by Crippen LogP contribution is -2.11. The number of nitrogens with two attached hydrogens (primary N) is 1. The molecule has 6 heteroatoms. The average Bonchev–Trinajstić information content (AvgIpc) is 3.05. The van der Waals surface area contributed by atoms with Gasteiger partial charge < -0.3 is 10.8 Å². The highest BCUT2D eigenvalue weighted by Crippen LogP contribution is 2.41. The van der Waals surface area contributed by atoms with Gasteiger partial charge in [-0.25, -0.2) is 0 Å². The summed E-state index contributed by atoms with van der Waals surface area (Å²) >= 11 is 3.11. The first kappa shape index (κ1) is 12.3. The Bertz CT molecular complexity index is 460. The summed E-state index contributed by atoms with van der Waals surface area (Å²) in [4.78, 5) is 10.2. The van der Waals surface area contributed by atoms with E-state index in [-0.39, 0.29) is 17.5 Å². The van der Waals surface area contributed by atoms with E-state index in [0.29, 0.717) is 16.0 Å². The normalized spacial score (nSPS) is 16.8. The molecule has 0 spiro atoms. The summed E-state index contributed by atoms with van der Waals surface area (Å²) in [7, 11) is 0. The van der Waals surface area contributed by atoms with Crippen LogP contribution in [0.25, 0.3) is 0 Å². The van der Waals surface area contributed by atoms with Crippen LogP contribution in [0.4, 0.5) is 5.69 Å². The summed E-state index contributed by atoms with van der Waals surface area (Å²) in [5.74, 6) is 0.603. The van der Waals surface area contributed by atoms with Crippen molar-refractivity contribution in [3.05, 3.63) is 32.3 Å². The third-order valence-electron chi connectivity index (χ3n) is 2.97. The fourth-order valence-corrected chi connectivity index (χ4v) is 2.30. The van der Waals surface area contributed by atoms with Crippen molar-refractivity contribution in [1.82, 2.24) is 0 Å². The summed E-state index contributed by atoms with van der Waals surface area (Å²) in [5.41, 5.74) is 6.35. The van der Waals surface area contributed by atoms with Crippen LogP contribution >= 0.6 is 15.9 Å². The van der Waals surface area contributed by atoms with E-state index in [0.717, 1.165) is 19.3 Å². The molecule has 1 fully saturated rings. The lowest BCUT2D eigenvalue weighted by atomic mass is 10.0. The van der Waals surface area contributed by atoms with Gasteiger partial charge in [-0.3, -0.25) is 10.1 Å². The Labute approximate surface area is 107 Å². The molecule has 0 amide bonds. The number of phenolic OH excluding ortho intramolecular Hbond substituents is 1. The van der Waals surface area contributed by atoms with Crippen molar-refractivity contribution in [1.29, 1.82) is 0 Å². The van der Waals surface area contributed by atoms with Gasteiger partial charge in [-0.05, 0) is 28.3 Å². The summed E-state index contributed by atoms with van der Waals surface area (Å²) in [5, 5.41) is 20.6. The average molecular weight is 301 g/mol. The Morgan fingerprint density at radius 2 is 2.24 bits per heavy atom. The molecule has 1 aromatic carbocycles. The minimum atomic E-state index is -0.489.